The zero-order valence-electron chi connectivity index (χ0n) is 6.24. The van der Waals surface area contributed by atoms with Gasteiger partial charge in [-0.25, -0.2) is 0 Å². The number of hydrogen-bond acceptors (Lipinski definition) is 4. The van der Waals surface area contributed by atoms with Crippen LogP contribution in [0.1, 0.15) is 19.8 Å². The molecule has 1 unspecified atom stereocenters. The summed E-state index contributed by atoms with van der Waals surface area (Å²) in [5, 5.41) is 0. The molecule has 0 amide bonds. The first kappa shape index (κ1) is 8.52. The highest BCUT2D eigenvalue weighted by Gasteiger charge is 2.37. The van der Waals surface area contributed by atoms with E-state index in [0.717, 1.165) is 6.42 Å². The molecule has 0 spiro atoms. The van der Waals surface area contributed by atoms with Crippen LogP contribution in [-0.2, 0) is 19.1 Å². The molecule has 4 nitrogen and oxygen atoms in total. The summed E-state index contributed by atoms with van der Waals surface area (Å²) in [5.74, 6) is -1.16. The summed E-state index contributed by atoms with van der Waals surface area (Å²) in [6.07, 6.45) is 1.40. The van der Waals surface area contributed by atoms with Crippen LogP contribution in [-0.4, -0.2) is 20.1 Å². The molecule has 0 N–H and O–H groups in total. The summed E-state index contributed by atoms with van der Waals surface area (Å²) in [6.45, 7) is 1.90. The molecule has 0 aromatic heterocycles. The van der Waals surface area contributed by atoms with Gasteiger partial charge in [-0.3, -0.25) is 4.79 Å². The molecule has 1 heterocycles. The van der Waals surface area contributed by atoms with Gasteiger partial charge in [0.2, 0.25) is 0 Å². The third-order valence-electron chi connectivity index (χ3n) is 1.58. The average molecular weight is 178 g/mol. The van der Waals surface area contributed by atoms with E-state index in [1.165, 1.54) is 0 Å². The maximum absolute atomic E-state index is 10.8. The van der Waals surface area contributed by atoms with Gasteiger partial charge in [0.05, 0.1) is 11.7 Å². The average Bonchev–Trinajstić information content (AvgIpc) is 2.07. The van der Waals surface area contributed by atoms with Crippen molar-refractivity contribution in [2.24, 2.45) is 5.92 Å². The van der Waals surface area contributed by atoms with E-state index < -0.39 is 22.0 Å². The van der Waals surface area contributed by atoms with E-state index in [1.807, 2.05) is 6.92 Å². The van der Waals surface area contributed by atoms with E-state index in [9.17, 15) is 13.2 Å². The van der Waals surface area contributed by atoms with Gasteiger partial charge in [0.15, 0.2) is 0 Å². The van der Waals surface area contributed by atoms with Gasteiger partial charge in [-0.1, -0.05) is 13.3 Å². The van der Waals surface area contributed by atoms with Crippen molar-refractivity contribution in [3.05, 3.63) is 0 Å². The molecule has 64 valence electrons. The third kappa shape index (κ3) is 1.92. The third-order valence-corrected chi connectivity index (χ3v) is 2.81. The minimum absolute atomic E-state index is 0.139. The molecule has 1 atom stereocenters. The van der Waals surface area contributed by atoms with Crippen LogP contribution in [0.15, 0.2) is 0 Å². The van der Waals surface area contributed by atoms with Crippen molar-refractivity contribution in [1.29, 1.82) is 0 Å². The van der Waals surface area contributed by atoms with Gasteiger partial charge >= 0.3 is 16.1 Å². The first-order chi connectivity index (χ1) is 5.05. The van der Waals surface area contributed by atoms with Crippen molar-refractivity contribution in [3.8, 4) is 0 Å². The van der Waals surface area contributed by atoms with Crippen LogP contribution < -0.4 is 0 Å². The number of hydrogen-bond donors (Lipinski definition) is 0. The Morgan fingerprint density at radius 1 is 1.64 bits per heavy atom. The highest BCUT2D eigenvalue weighted by atomic mass is 32.2. The first-order valence-corrected chi connectivity index (χ1v) is 5.09. The molecule has 1 aliphatic heterocycles. The molecule has 0 aromatic carbocycles. The second kappa shape index (κ2) is 2.81. The van der Waals surface area contributed by atoms with Crippen LogP contribution >= 0.6 is 0 Å². The maximum Gasteiger partial charge on any atom is 0.326 e. The fourth-order valence-corrected chi connectivity index (χ4v) is 2.34. The molecule has 1 aliphatic rings. The van der Waals surface area contributed by atoms with Crippen molar-refractivity contribution < 1.29 is 17.4 Å². The predicted octanol–water partition coefficient (Wildman–Crippen LogP) is 0.289. The summed E-state index contributed by atoms with van der Waals surface area (Å²) in [7, 11) is -3.52. The molecule has 5 heteroatoms. The molecule has 0 aliphatic carbocycles. The highest BCUT2D eigenvalue weighted by Crippen LogP contribution is 2.20. The molecule has 11 heavy (non-hydrogen) atoms. The minimum Gasteiger partial charge on any atom is -0.345 e. The fraction of sp³-hybridized carbons (Fsp3) is 0.833. The summed E-state index contributed by atoms with van der Waals surface area (Å²) >= 11 is 0. The lowest BCUT2D eigenvalue weighted by Crippen LogP contribution is -2.09. The van der Waals surface area contributed by atoms with Gasteiger partial charge in [0.1, 0.15) is 0 Å². The Balaban J connectivity index is 2.67. The Labute approximate surface area is 65.7 Å². The van der Waals surface area contributed by atoms with E-state index in [0.29, 0.717) is 6.42 Å². The quantitative estimate of drug-likeness (QED) is 0.570. The van der Waals surface area contributed by atoms with Crippen LogP contribution in [0, 0.1) is 5.92 Å². The van der Waals surface area contributed by atoms with Gasteiger partial charge in [-0.05, 0) is 6.42 Å². The van der Waals surface area contributed by atoms with E-state index in [4.69, 9.17) is 0 Å². The largest absolute Gasteiger partial charge is 0.345 e. The Kier molecular flexibility index (Phi) is 2.17. The monoisotopic (exact) mass is 178 g/mol. The predicted molar refractivity (Wildman–Crippen MR) is 38.3 cm³/mol. The molecule has 1 saturated heterocycles. The van der Waals surface area contributed by atoms with Gasteiger partial charge in [-0.2, -0.15) is 8.42 Å². The number of carbonyl (C=O) groups is 1. The van der Waals surface area contributed by atoms with Crippen molar-refractivity contribution in [2.45, 2.75) is 19.8 Å². The SMILES string of the molecule is CCCC1CS(=O)(=O)OC1=O. The standard InChI is InChI=1S/C6H10O4S/c1-2-3-5-4-11(8,9)10-6(5)7/h5H,2-4H2,1H3. The molecule has 1 rings (SSSR count). The molecule has 0 aromatic rings. The molecule has 0 saturated carbocycles. The van der Waals surface area contributed by atoms with Crippen LogP contribution in [0.25, 0.3) is 0 Å². The summed E-state index contributed by atoms with van der Waals surface area (Å²) < 4.78 is 25.5. The lowest BCUT2D eigenvalue weighted by atomic mass is 10.1. The van der Waals surface area contributed by atoms with Crippen molar-refractivity contribution >= 4 is 16.1 Å². The van der Waals surface area contributed by atoms with Crippen LogP contribution in [0.5, 0.6) is 0 Å². The molecule has 0 bridgehead atoms. The second-order valence-electron chi connectivity index (χ2n) is 2.61. The van der Waals surface area contributed by atoms with Gasteiger partial charge < -0.3 is 4.18 Å². The summed E-state index contributed by atoms with van der Waals surface area (Å²) in [4.78, 5) is 10.8. The minimum atomic E-state index is -3.52. The lowest BCUT2D eigenvalue weighted by molar-refractivity contribution is -0.135. The second-order valence-corrected chi connectivity index (χ2v) is 4.23. The van der Waals surface area contributed by atoms with Crippen LogP contribution in [0.2, 0.25) is 0 Å². The van der Waals surface area contributed by atoms with Crippen LogP contribution in [0.3, 0.4) is 0 Å². The van der Waals surface area contributed by atoms with E-state index in [-0.39, 0.29) is 5.75 Å². The Morgan fingerprint density at radius 2 is 2.27 bits per heavy atom. The fourth-order valence-electron chi connectivity index (χ4n) is 1.09. The maximum atomic E-state index is 10.8. The van der Waals surface area contributed by atoms with Crippen LogP contribution in [0.4, 0.5) is 0 Å². The first-order valence-electron chi connectivity index (χ1n) is 3.51. The Bertz CT molecular complexity index is 254. The van der Waals surface area contributed by atoms with E-state index in [1.54, 1.807) is 0 Å². The zero-order valence-corrected chi connectivity index (χ0v) is 7.06. The number of carbonyl (C=O) groups excluding carboxylic acids is 1. The van der Waals surface area contributed by atoms with E-state index in [2.05, 4.69) is 4.18 Å². The van der Waals surface area contributed by atoms with Crippen molar-refractivity contribution in [2.75, 3.05) is 5.75 Å². The lowest BCUT2D eigenvalue weighted by Gasteiger charge is -1.96. The van der Waals surface area contributed by atoms with Crippen molar-refractivity contribution in [3.63, 3.8) is 0 Å². The Hall–Kier alpha value is -0.580. The highest BCUT2D eigenvalue weighted by molar-refractivity contribution is 7.87. The summed E-state index contributed by atoms with van der Waals surface area (Å²) in [5.41, 5.74) is 0. The van der Waals surface area contributed by atoms with Gasteiger partial charge in [0, 0.05) is 0 Å². The van der Waals surface area contributed by atoms with Crippen molar-refractivity contribution in [1.82, 2.24) is 0 Å². The molecular formula is C6H10O4S. The Morgan fingerprint density at radius 3 is 2.64 bits per heavy atom. The molecule has 0 radical (unpaired) electrons. The van der Waals surface area contributed by atoms with Gasteiger partial charge in [-0.15, -0.1) is 0 Å². The normalized spacial score (nSPS) is 28.5. The van der Waals surface area contributed by atoms with E-state index >= 15 is 0 Å². The molecular weight excluding hydrogens is 168 g/mol. The van der Waals surface area contributed by atoms with Gasteiger partial charge in [0.25, 0.3) is 0 Å². The zero-order chi connectivity index (χ0) is 8.48. The number of rotatable bonds is 2. The smallest absolute Gasteiger partial charge is 0.326 e. The topological polar surface area (TPSA) is 60.4 Å². The summed E-state index contributed by atoms with van der Waals surface area (Å²) in [6, 6.07) is 0. The molecule has 1 fully saturated rings.